The van der Waals surface area contributed by atoms with Crippen molar-refractivity contribution in [2.24, 2.45) is 0 Å². The van der Waals surface area contributed by atoms with E-state index < -0.39 is 0 Å². The number of nitrogen functional groups attached to an aromatic ring is 1. The minimum Gasteiger partial charge on any atom is -0.369 e. The van der Waals surface area contributed by atoms with Crippen LogP contribution in [0.15, 0.2) is 54.7 Å². The molecule has 0 radical (unpaired) electrons. The lowest BCUT2D eigenvalue weighted by molar-refractivity contribution is 1.11. The van der Waals surface area contributed by atoms with Gasteiger partial charge in [-0.1, -0.05) is 41.9 Å². The summed E-state index contributed by atoms with van der Waals surface area (Å²) in [5, 5.41) is 1.63. The Hall–Kier alpha value is -2.59. The molecule has 4 aromatic rings. The minimum atomic E-state index is 0.399. The number of rotatable bonds is 1. The van der Waals surface area contributed by atoms with E-state index in [1.54, 1.807) is 6.20 Å². The lowest BCUT2D eigenvalue weighted by Gasteiger charge is -2.09. The van der Waals surface area contributed by atoms with Crippen LogP contribution in [0, 0.1) is 0 Å². The Balaban J connectivity index is 2.21. The average Bonchev–Trinajstić information content (AvgIpc) is 2.84. The van der Waals surface area contributed by atoms with Gasteiger partial charge < -0.3 is 5.73 Å². The van der Waals surface area contributed by atoms with Crippen LogP contribution < -0.4 is 5.73 Å². The van der Waals surface area contributed by atoms with Crippen molar-refractivity contribution in [3.8, 4) is 5.69 Å². The van der Waals surface area contributed by atoms with Gasteiger partial charge in [0.25, 0.3) is 0 Å². The van der Waals surface area contributed by atoms with Gasteiger partial charge in [0.05, 0.1) is 27.9 Å². The Bertz CT molecular complexity index is 975. The summed E-state index contributed by atoms with van der Waals surface area (Å²) in [6.07, 6.45) is 1.74. The second kappa shape index (κ2) is 4.46. The molecule has 2 heterocycles. The van der Waals surface area contributed by atoms with Crippen molar-refractivity contribution < 1.29 is 0 Å². The molecule has 4 rings (SSSR count). The van der Waals surface area contributed by atoms with Crippen LogP contribution in [0.2, 0.25) is 5.02 Å². The van der Waals surface area contributed by atoms with E-state index >= 15 is 0 Å². The van der Waals surface area contributed by atoms with Crippen LogP contribution >= 0.6 is 11.6 Å². The molecule has 0 unspecified atom stereocenters. The van der Waals surface area contributed by atoms with Crippen molar-refractivity contribution in [3.63, 3.8) is 0 Å². The molecule has 2 aromatic carbocycles. The molecule has 0 aliphatic carbocycles. The molecule has 4 nitrogen and oxygen atoms in total. The van der Waals surface area contributed by atoms with Crippen molar-refractivity contribution in [1.82, 2.24) is 14.5 Å². The summed E-state index contributed by atoms with van der Waals surface area (Å²) in [4.78, 5) is 8.82. The Morgan fingerprint density at radius 3 is 2.57 bits per heavy atom. The SMILES string of the molecule is Nc1nc2cnc3ccccc3c2n1-c1ccccc1Cl. The van der Waals surface area contributed by atoms with Crippen LogP contribution in [0.3, 0.4) is 0 Å². The van der Waals surface area contributed by atoms with E-state index in [9.17, 15) is 0 Å². The third-order valence-electron chi connectivity index (χ3n) is 3.51. The zero-order valence-electron chi connectivity index (χ0n) is 11.0. The summed E-state index contributed by atoms with van der Waals surface area (Å²) in [7, 11) is 0. The summed E-state index contributed by atoms with van der Waals surface area (Å²) in [5.41, 5.74) is 9.51. The Morgan fingerprint density at radius 1 is 0.952 bits per heavy atom. The number of aromatic nitrogens is 3. The van der Waals surface area contributed by atoms with Crippen LogP contribution in [0.5, 0.6) is 0 Å². The molecular formula is C16H11ClN4. The Morgan fingerprint density at radius 2 is 1.71 bits per heavy atom. The molecule has 0 atom stereocenters. The molecule has 0 spiro atoms. The number of benzene rings is 2. The van der Waals surface area contributed by atoms with E-state index in [4.69, 9.17) is 17.3 Å². The minimum absolute atomic E-state index is 0.399. The zero-order chi connectivity index (χ0) is 14.4. The smallest absolute Gasteiger partial charge is 0.206 e. The highest BCUT2D eigenvalue weighted by molar-refractivity contribution is 6.32. The van der Waals surface area contributed by atoms with Gasteiger partial charge in [-0.05, 0) is 18.2 Å². The second-order valence-electron chi connectivity index (χ2n) is 4.77. The van der Waals surface area contributed by atoms with Crippen LogP contribution in [-0.2, 0) is 0 Å². The quantitative estimate of drug-likeness (QED) is 0.581. The third kappa shape index (κ3) is 1.76. The lowest BCUT2D eigenvalue weighted by atomic mass is 10.2. The van der Waals surface area contributed by atoms with Crippen LogP contribution in [-0.4, -0.2) is 14.5 Å². The lowest BCUT2D eigenvalue weighted by Crippen LogP contribution is -2.01. The summed E-state index contributed by atoms with van der Waals surface area (Å²) in [6.45, 7) is 0. The normalized spacial score (nSPS) is 11.3. The van der Waals surface area contributed by atoms with Crippen LogP contribution in [0.4, 0.5) is 5.95 Å². The summed E-state index contributed by atoms with van der Waals surface area (Å²) < 4.78 is 1.88. The maximum Gasteiger partial charge on any atom is 0.206 e. The van der Waals surface area contributed by atoms with Gasteiger partial charge in [0.15, 0.2) is 0 Å². The third-order valence-corrected chi connectivity index (χ3v) is 3.83. The van der Waals surface area contributed by atoms with E-state index in [2.05, 4.69) is 9.97 Å². The fraction of sp³-hybridized carbons (Fsp3) is 0. The maximum absolute atomic E-state index is 6.32. The van der Waals surface area contributed by atoms with Gasteiger partial charge in [0, 0.05) is 5.39 Å². The molecule has 5 heteroatoms. The maximum atomic E-state index is 6.32. The van der Waals surface area contributed by atoms with E-state index in [0.717, 1.165) is 27.6 Å². The topological polar surface area (TPSA) is 56.7 Å². The number of pyridine rings is 1. The van der Waals surface area contributed by atoms with Crippen molar-refractivity contribution in [1.29, 1.82) is 0 Å². The number of para-hydroxylation sites is 2. The number of halogens is 1. The summed E-state index contributed by atoms with van der Waals surface area (Å²) in [5.74, 6) is 0.399. The van der Waals surface area contributed by atoms with E-state index in [0.29, 0.717) is 11.0 Å². The molecule has 2 N–H and O–H groups in total. The molecule has 0 aliphatic heterocycles. The number of nitrogens with two attached hydrogens (primary N) is 1. The molecular weight excluding hydrogens is 284 g/mol. The Kier molecular flexibility index (Phi) is 2.59. The summed E-state index contributed by atoms with van der Waals surface area (Å²) in [6, 6.07) is 15.5. The highest BCUT2D eigenvalue weighted by Gasteiger charge is 2.15. The van der Waals surface area contributed by atoms with Gasteiger partial charge in [-0.15, -0.1) is 0 Å². The molecule has 2 aromatic heterocycles. The molecule has 0 bridgehead atoms. The summed E-state index contributed by atoms with van der Waals surface area (Å²) >= 11 is 6.32. The molecule has 0 fully saturated rings. The molecule has 0 amide bonds. The standard InChI is InChI=1S/C16H11ClN4/c17-11-6-2-4-8-14(11)21-15-10-5-1-3-7-12(10)19-9-13(15)20-16(21)18/h1-9H,(H2,18,20). The number of hydrogen-bond donors (Lipinski definition) is 1. The van der Waals surface area contributed by atoms with E-state index in [1.807, 2.05) is 53.1 Å². The molecule has 21 heavy (non-hydrogen) atoms. The van der Waals surface area contributed by atoms with Crippen LogP contribution in [0.1, 0.15) is 0 Å². The highest BCUT2D eigenvalue weighted by Crippen LogP contribution is 2.31. The fourth-order valence-corrected chi connectivity index (χ4v) is 2.82. The van der Waals surface area contributed by atoms with E-state index in [1.165, 1.54) is 0 Å². The number of hydrogen-bond acceptors (Lipinski definition) is 3. The highest BCUT2D eigenvalue weighted by atomic mass is 35.5. The van der Waals surface area contributed by atoms with Crippen molar-refractivity contribution >= 4 is 39.5 Å². The predicted octanol–water partition coefficient (Wildman–Crippen LogP) is 3.81. The largest absolute Gasteiger partial charge is 0.369 e. The molecule has 0 saturated carbocycles. The first-order valence-electron chi connectivity index (χ1n) is 6.52. The van der Waals surface area contributed by atoms with Gasteiger partial charge in [-0.3, -0.25) is 9.55 Å². The van der Waals surface area contributed by atoms with Gasteiger partial charge in [0.1, 0.15) is 5.52 Å². The number of anilines is 1. The number of imidazole rings is 1. The van der Waals surface area contributed by atoms with Crippen molar-refractivity contribution in [2.45, 2.75) is 0 Å². The van der Waals surface area contributed by atoms with Crippen molar-refractivity contribution in [2.75, 3.05) is 5.73 Å². The monoisotopic (exact) mass is 294 g/mol. The van der Waals surface area contributed by atoms with E-state index in [-0.39, 0.29) is 0 Å². The Labute approximate surface area is 125 Å². The molecule has 0 aliphatic rings. The zero-order valence-corrected chi connectivity index (χ0v) is 11.7. The first-order chi connectivity index (χ1) is 10.3. The second-order valence-corrected chi connectivity index (χ2v) is 5.17. The average molecular weight is 295 g/mol. The molecule has 102 valence electrons. The van der Waals surface area contributed by atoms with Crippen LogP contribution in [0.25, 0.3) is 27.6 Å². The first kappa shape index (κ1) is 12.2. The van der Waals surface area contributed by atoms with Gasteiger partial charge in [-0.25, -0.2) is 4.98 Å². The first-order valence-corrected chi connectivity index (χ1v) is 6.90. The number of fused-ring (bicyclic) bond motifs is 3. The molecule has 0 saturated heterocycles. The van der Waals surface area contributed by atoms with Gasteiger partial charge >= 0.3 is 0 Å². The van der Waals surface area contributed by atoms with Crippen molar-refractivity contribution in [3.05, 3.63) is 59.8 Å². The van der Waals surface area contributed by atoms with Gasteiger partial charge in [-0.2, -0.15) is 0 Å². The fourth-order valence-electron chi connectivity index (χ4n) is 2.60. The predicted molar refractivity (Wildman–Crippen MR) is 85.8 cm³/mol. The van der Waals surface area contributed by atoms with Gasteiger partial charge in [0.2, 0.25) is 5.95 Å². The number of nitrogens with zero attached hydrogens (tertiary/aromatic N) is 3.